The van der Waals surface area contributed by atoms with Gasteiger partial charge in [-0.3, -0.25) is 14.4 Å². The molecule has 1 aliphatic heterocycles. The number of carbonyl (C=O) groups excluding carboxylic acids is 3. The molecule has 0 saturated heterocycles. The van der Waals surface area contributed by atoms with Crippen molar-refractivity contribution in [3.63, 3.8) is 0 Å². The molecule has 1 unspecified atom stereocenters. The largest absolute Gasteiger partial charge is 0.506 e. The van der Waals surface area contributed by atoms with Crippen molar-refractivity contribution >= 4 is 35.0 Å². The lowest BCUT2D eigenvalue weighted by Gasteiger charge is -2.36. The quantitative estimate of drug-likeness (QED) is 0.160. The number of anilines is 1. The fourth-order valence-corrected chi connectivity index (χ4v) is 6.18. The molecule has 0 spiro atoms. The molecule has 3 amide bonds. The summed E-state index contributed by atoms with van der Waals surface area (Å²) in [6.07, 6.45) is 4.19. The van der Waals surface area contributed by atoms with Gasteiger partial charge in [-0.15, -0.1) is 0 Å². The number of aliphatic hydroxyl groups excluding tert-OH is 1. The van der Waals surface area contributed by atoms with Crippen LogP contribution < -0.4 is 5.32 Å². The van der Waals surface area contributed by atoms with Crippen LogP contribution >= 0.6 is 11.6 Å². The van der Waals surface area contributed by atoms with Gasteiger partial charge in [0.05, 0.1) is 34.5 Å². The molecule has 1 aliphatic rings. The van der Waals surface area contributed by atoms with Gasteiger partial charge in [0.15, 0.2) is 5.69 Å². The van der Waals surface area contributed by atoms with Gasteiger partial charge in [0.1, 0.15) is 5.75 Å². The number of carbonyl (C=O) groups is 3. The number of para-hydroxylation sites is 1. The lowest BCUT2D eigenvalue weighted by Crippen LogP contribution is -2.46. The minimum atomic E-state index is -0.608. The monoisotopic (exact) mass is 671 g/mol. The minimum Gasteiger partial charge on any atom is -0.506 e. The molecule has 10 nitrogen and oxygen atoms in total. The molecule has 1 atom stereocenters. The Bertz CT molecular complexity index is 1800. The maximum atomic E-state index is 14.5. The number of aryl methyl sites for hydroxylation is 1. The maximum absolute atomic E-state index is 14.5. The summed E-state index contributed by atoms with van der Waals surface area (Å²) >= 11 is 6.04. The number of halogens is 1. The number of rotatable bonds is 12. The van der Waals surface area contributed by atoms with E-state index in [1.54, 1.807) is 39.9 Å². The average molecular weight is 672 g/mol. The van der Waals surface area contributed by atoms with Crippen molar-refractivity contribution in [1.82, 2.24) is 19.6 Å². The second kappa shape index (κ2) is 15.5. The predicted octanol–water partition coefficient (Wildman–Crippen LogP) is 6.39. The highest BCUT2D eigenvalue weighted by Gasteiger charge is 2.32. The molecule has 0 radical (unpaired) electrons. The first-order chi connectivity index (χ1) is 23.2. The summed E-state index contributed by atoms with van der Waals surface area (Å²) in [6, 6.07) is 18.4. The number of fused-ring (bicyclic) bond motifs is 1. The number of phenolic OH excluding ortho intramolecular Hbond substituents is 1. The van der Waals surface area contributed by atoms with Crippen molar-refractivity contribution in [2.45, 2.75) is 65.5 Å². The Kier molecular flexibility index (Phi) is 11.2. The van der Waals surface area contributed by atoms with Crippen molar-refractivity contribution in [3.8, 4) is 11.4 Å². The Morgan fingerprint density at radius 1 is 0.958 bits per heavy atom. The van der Waals surface area contributed by atoms with Crippen LogP contribution in [0, 0.1) is 6.92 Å². The minimum absolute atomic E-state index is 0.0192. The third kappa shape index (κ3) is 7.40. The summed E-state index contributed by atoms with van der Waals surface area (Å²) in [6.45, 7) is 7.34. The smallest absolute Gasteiger partial charge is 0.274 e. The van der Waals surface area contributed by atoms with E-state index in [1.807, 2.05) is 36.1 Å². The van der Waals surface area contributed by atoms with Crippen molar-refractivity contribution in [2.75, 3.05) is 25.0 Å². The first-order valence-electron chi connectivity index (χ1n) is 16.4. The van der Waals surface area contributed by atoms with E-state index in [1.165, 1.54) is 12.1 Å². The Labute approximate surface area is 285 Å². The van der Waals surface area contributed by atoms with Crippen LogP contribution in [0.25, 0.3) is 5.69 Å². The zero-order valence-corrected chi connectivity index (χ0v) is 28.3. The molecule has 5 rings (SSSR count). The zero-order valence-electron chi connectivity index (χ0n) is 27.6. The Balaban J connectivity index is 1.55. The van der Waals surface area contributed by atoms with E-state index in [0.717, 1.165) is 36.8 Å². The topological polar surface area (TPSA) is 128 Å². The molecule has 0 saturated carbocycles. The lowest BCUT2D eigenvalue weighted by atomic mass is 9.93. The third-order valence-corrected chi connectivity index (χ3v) is 9.03. The van der Waals surface area contributed by atoms with E-state index >= 15 is 0 Å². The van der Waals surface area contributed by atoms with Crippen molar-refractivity contribution in [2.24, 2.45) is 0 Å². The summed E-state index contributed by atoms with van der Waals surface area (Å²) < 4.78 is 1.58. The van der Waals surface area contributed by atoms with Crippen LogP contribution in [0.5, 0.6) is 5.75 Å². The van der Waals surface area contributed by atoms with Crippen LogP contribution in [0.15, 0.2) is 66.7 Å². The van der Waals surface area contributed by atoms with Crippen molar-refractivity contribution in [3.05, 3.63) is 105 Å². The van der Waals surface area contributed by atoms with Crippen LogP contribution in [0.2, 0.25) is 5.02 Å². The summed E-state index contributed by atoms with van der Waals surface area (Å²) in [5, 5.41) is 28.3. The molecule has 0 fully saturated rings. The highest BCUT2D eigenvalue weighted by molar-refractivity contribution is 6.32. The molecule has 11 heteroatoms. The van der Waals surface area contributed by atoms with Gasteiger partial charge >= 0.3 is 0 Å². The molecule has 3 aromatic carbocycles. The van der Waals surface area contributed by atoms with Crippen molar-refractivity contribution < 1.29 is 24.6 Å². The molecular weight excluding hydrogens is 630 g/mol. The van der Waals surface area contributed by atoms with E-state index in [4.69, 9.17) is 16.7 Å². The number of aliphatic hydroxyl groups is 1. The van der Waals surface area contributed by atoms with Crippen LogP contribution in [0.3, 0.4) is 0 Å². The summed E-state index contributed by atoms with van der Waals surface area (Å²) in [4.78, 5) is 44.8. The van der Waals surface area contributed by atoms with E-state index in [0.29, 0.717) is 36.6 Å². The van der Waals surface area contributed by atoms with E-state index in [-0.39, 0.29) is 52.6 Å². The molecule has 0 bridgehead atoms. The van der Waals surface area contributed by atoms with E-state index < -0.39 is 11.9 Å². The lowest BCUT2D eigenvalue weighted by molar-refractivity contribution is 0.0544. The Morgan fingerprint density at radius 3 is 2.35 bits per heavy atom. The normalized spacial score (nSPS) is 14.0. The first kappa shape index (κ1) is 34.7. The molecule has 0 aliphatic carbocycles. The van der Waals surface area contributed by atoms with Gasteiger partial charge in [-0.05, 0) is 73.7 Å². The number of hydrogen-bond donors (Lipinski definition) is 3. The van der Waals surface area contributed by atoms with Crippen LogP contribution in [0.1, 0.15) is 87.6 Å². The van der Waals surface area contributed by atoms with Crippen molar-refractivity contribution in [1.29, 1.82) is 0 Å². The molecule has 4 aromatic rings. The summed E-state index contributed by atoms with van der Waals surface area (Å²) in [5.74, 6) is -1.48. The second-order valence-electron chi connectivity index (χ2n) is 12.1. The van der Waals surface area contributed by atoms with Gasteiger partial charge < -0.3 is 25.3 Å². The number of benzene rings is 3. The Hall–Kier alpha value is -4.67. The van der Waals surface area contributed by atoms with Crippen LogP contribution in [-0.2, 0) is 13.0 Å². The molecule has 252 valence electrons. The number of aromatic nitrogens is 2. The molecule has 1 aromatic heterocycles. The highest BCUT2D eigenvalue weighted by Crippen LogP contribution is 2.31. The number of nitrogens with one attached hydrogen (secondary N) is 1. The molecule has 2 heterocycles. The number of nitrogens with zero attached hydrogens (tertiary/aromatic N) is 4. The number of hydrogen-bond acceptors (Lipinski definition) is 6. The zero-order chi connectivity index (χ0) is 34.4. The number of amides is 3. The SMILES string of the molecule is CCCCN(CCCC)C(=O)c1cc(C)n(-c2ccc(NC(=O)c3cccc(Cl)c3O)cc2C(=O)N2Cc3ccccc3CC2CO)n1. The number of phenols is 1. The van der Waals surface area contributed by atoms with Gasteiger partial charge in [0.2, 0.25) is 0 Å². The fraction of sp³-hybridized carbons (Fsp3) is 0.351. The predicted molar refractivity (Wildman–Crippen MR) is 186 cm³/mol. The van der Waals surface area contributed by atoms with Gasteiger partial charge in [-0.25, -0.2) is 4.68 Å². The molecule has 3 N–H and O–H groups in total. The summed E-state index contributed by atoms with van der Waals surface area (Å²) in [7, 11) is 0. The van der Waals surface area contributed by atoms with Crippen LogP contribution in [0.4, 0.5) is 5.69 Å². The number of aromatic hydroxyl groups is 1. The first-order valence-corrected chi connectivity index (χ1v) is 16.8. The van der Waals surface area contributed by atoms with Crippen LogP contribution in [-0.4, -0.2) is 73.3 Å². The maximum Gasteiger partial charge on any atom is 0.274 e. The average Bonchev–Trinajstić information content (AvgIpc) is 3.49. The van der Waals surface area contributed by atoms with Gasteiger partial charge in [-0.2, -0.15) is 5.10 Å². The second-order valence-corrected chi connectivity index (χ2v) is 12.6. The van der Waals surface area contributed by atoms with E-state index in [9.17, 15) is 24.6 Å². The molecular formula is C37H42ClN5O5. The third-order valence-electron chi connectivity index (χ3n) is 8.73. The van der Waals surface area contributed by atoms with Gasteiger partial charge in [0, 0.05) is 31.0 Å². The highest BCUT2D eigenvalue weighted by atomic mass is 35.5. The molecule has 48 heavy (non-hydrogen) atoms. The van der Waals surface area contributed by atoms with E-state index in [2.05, 4.69) is 19.2 Å². The summed E-state index contributed by atoms with van der Waals surface area (Å²) in [5.41, 5.74) is 3.92. The number of unbranched alkanes of at least 4 members (excludes halogenated alkanes) is 2. The standard InChI is InChI=1S/C37H42ClN5O5/c1-4-6-17-41(18-7-5-2)37(48)32-19-24(3)43(40-32)33-16-15-27(39-35(46)29-13-10-14-31(38)34(29)45)21-30(33)36(47)42-22-26-12-9-8-11-25(26)20-28(42)23-44/h8-16,19,21,28,44-45H,4-7,17-18,20,22-23H2,1-3H3,(H,39,46). The Morgan fingerprint density at radius 2 is 1.67 bits per heavy atom. The fourth-order valence-electron chi connectivity index (χ4n) is 6.01. The van der Waals surface area contributed by atoms with Gasteiger partial charge in [-0.1, -0.05) is 68.6 Å². The van der Waals surface area contributed by atoms with Gasteiger partial charge in [0.25, 0.3) is 17.7 Å².